The predicted octanol–water partition coefficient (Wildman–Crippen LogP) is 0.974. The number of piperidine rings is 1. The smallest absolute Gasteiger partial charge is 0.410 e. The van der Waals surface area contributed by atoms with Gasteiger partial charge in [-0.3, -0.25) is 4.79 Å². The fourth-order valence-corrected chi connectivity index (χ4v) is 3.14. The number of rotatable bonds is 5. The number of nitriles is 1. The molecule has 2 rings (SSSR count). The zero-order valence-corrected chi connectivity index (χ0v) is 16.0. The van der Waals surface area contributed by atoms with Gasteiger partial charge in [0.2, 0.25) is 0 Å². The van der Waals surface area contributed by atoms with Gasteiger partial charge in [0.05, 0.1) is 19.3 Å². The van der Waals surface area contributed by atoms with Gasteiger partial charge in [-0.25, -0.2) is 4.79 Å². The second-order valence-corrected chi connectivity index (χ2v) is 7.28. The summed E-state index contributed by atoms with van der Waals surface area (Å²) < 4.78 is 10.8. The van der Waals surface area contributed by atoms with E-state index in [1.54, 1.807) is 4.90 Å². The molecule has 1 N–H and O–H groups in total. The highest BCUT2D eigenvalue weighted by atomic mass is 16.6. The van der Waals surface area contributed by atoms with Gasteiger partial charge >= 0.3 is 6.09 Å². The third kappa shape index (κ3) is 5.08. The number of amides is 2. The summed E-state index contributed by atoms with van der Waals surface area (Å²) in [5, 5.41) is 12.5. The molecule has 0 aromatic rings. The van der Waals surface area contributed by atoms with Gasteiger partial charge in [0, 0.05) is 32.1 Å². The van der Waals surface area contributed by atoms with Crippen LogP contribution in [-0.2, 0) is 14.3 Å². The van der Waals surface area contributed by atoms with Crippen LogP contribution >= 0.6 is 0 Å². The fourth-order valence-electron chi connectivity index (χ4n) is 3.14. The Kier molecular flexibility index (Phi) is 7.23. The van der Waals surface area contributed by atoms with Crippen LogP contribution in [0.3, 0.4) is 0 Å². The number of nitrogens with one attached hydrogen (secondary N) is 1. The molecule has 0 saturated carbocycles. The summed E-state index contributed by atoms with van der Waals surface area (Å²) in [6, 6.07) is 2.27. The summed E-state index contributed by atoms with van der Waals surface area (Å²) in [7, 11) is 2.00. The molecule has 2 amide bonds. The maximum atomic E-state index is 12.9. The van der Waals surface area contributed by atoms with E-state index in [0.717, 1.165) is 13.1 Å². The quantitative estimate of drug-likeness (QED) is 0.779. The largest absolute Gasteiger partial charge is 0.436 e. The van der Waals surface area contributed by atoms with Crippen LogP contribution in [0.2, 0.25) is 0 Å². The van der Waals surface area contributed by atoms with E-state index in [2.05, 4.69) is 16.3 Å². The zero-order valence-electron chi connectivity index (χ0n) is 16.0. The van der Waals surface area contributed by atoms with E-state index in [-0.39, 0.29) is 11.8 Å². The van der Waals surface area contributed by atoms with E-state index in [1.807, 2.05) is 20.9 Å². The molecular formula is C18H30N4O4. The molecule has 0 aromatic heterocycles. The molecule has 8 heteroatoms. The molecule has 0 aliphatic carbocycles. The normalized spacial score (nSPS) is 22.8. The molecule has 146 valence electrons. The number of ether oxygens (including phenoxy) is 2. The molecule has 2 aliphatic heterocycles. The Morgan fingerprint density at radius 1 is 1.27 bits per heavy atom. The van der Waals surface area contributed by atoms with Crippen LogP contribution in [0.15, 0.2) is 0 Å². The Morgan fingerprint density at radius 2 is 1.88 bits per heavy atom. The number of likely N-dealkylation sites (tertiary alicyclic amines) is 1. The van der Waals surface area contributed by atoms with Crippen molar-refractivity contribution in [1.29, 1.82) is 5.26 Å². The molecule has 2 atom stereocenters. The Balaban J connectivity index is 2.04. The average Bonchev–Trinajstić information content (AvgIpc) is 2.67. The first-order chi connectivity index (χ1) is 12.4. The summed E-state index contributed by atoms with van der Waals surface area (Å²) in [4.78, 5) is 29.0. The van der Waals surface area contributed by atoms with Crippen molar-refractivity contribution in [3.63, 3.8) is 0 Å². The highest BCUT2D eigenvalue weighted by Gasteiger charge is 2.39. The Hall–Kier alpha value is -1.85. The molecule has 0 aromatic carbocycles. The van der Waals surface area contributed by atoms with Crippen LogP contribution in [-0.4, -0.2) is 79.9 Å². The monoisotopic (exact) mass is 366 g/mol. The lowest BCUT2D eigenvalue weighted by atomic mass is 9.88. The van der Waals surface area contributed by atoms with E-state index >= 15 is 0 Å². The van der Waals surface area contributed by atoms with Crippen molar-refractivity contribution in [2.24, 2.45) is 5.92 Å². The molecule has 0 radical (unpaired) electrons. The van der Waals surface area contributed by atoms with Crippen molar-refractivity contribution in [1.82, 2.24) is 15.1 Å². The van der Waals surface area contributed by atoms with E-state index < -0.39 is 17.7 Å². The van der Waals surface area contributed by atoms with Gasteiger partial charge in [-0.05, 0) is 26.3 Å². The van der Waals surface area contributed by atoms with Crippen LogP contribution in [0.1, 0.15) is 33.1 Å². The minimum absolute atomic E-state index is 0.137. The van der Waals surface area contributed by atoms with Crippen LogP contribution < -0.4 is 5.32 Å². The predicted molar refractivity (Wildman–Crippen MR) is 95.3 cm³/mol. The van der Waals surface area contributed by atoms with Crippen molar-refractivity contribution in [3.05, 3.63) is 0 Å². The van der Waals surface area contributed by atoms with Gasteiger partial charge in [0.15, 0.2) is 6.10 Å². The summed E-state index contributed by atoms with van der Waals surface area (Å²) >= 11 is 0. The topological polar surface area (TPSA) is 94.9 Å². The number of hydrogen-bond acceptors (Lipinski definition) is 6. The van der Waals surface area contributed by atoms with Crippen LogP contribution in [0.5, 0.6) is 0 Å². The first kappa shape index (κ1) is 20.5. The van der Waals surface area contributed by atoms with Crippen LogP contribution in [0, 0.1) is 17.2 Å². The lowest BCUT2D eigenvalue weighted by molar-refractivity contribution is -0.135. The maximum absolute atomic E-state index is 12.9. The van der Waals surface area contributed by atoms with Crippen molar-refractivity contribution in [2.45, 2.75) is 44.8 Å². The maximum Gasteiger partial charge on any atom is 0.410 e. The molecule has 2 fully saturated rings. The highest BCUT2D eigenvalue weighted by molar-refractivity contribution is 5.84. The standard InChI is InChI=1S/C18H30N4O4/c1-4-14(2)15(26-17(24)22-9-11-25-12-10-22)16(23)20-18(13-19)5-7-21(3)8-6-18/h14-15H,4-12H2,1-3H3,(H,20,23)/t14?,15-/m0/s1. The minimum atomic E-state index is -0.903. The van der Waals surface area contributed by atoms with Crippen molar-refractivity contribution in [2.75, 3.05) is 46.4 Å². The number of carbonyl (C=O) groups is 2. The first-order valence-electron chi connectivity index (χ1n) is 9.36. The molecule has 2 saturated heterocycles. The molecule has 2 heterocycles. The van der Waals surface area contributed by atoms with Crippen molar-refractivity contribution >= 4 is 12.0 Å². The number of nitrogens with zero attached hydrogens (tertiary/aromatic N) is 3. The van der Waals surface area contributed by atoms with Gasteiger partial charge in [-0.15, -0.1) is 0 Å². The second-order valence-electron chi connectivity index (χ2n) is 7.28. The summed E-state index contributed by atoms with van der Waals surface area (Å²) in [6.45, 7) is 7.18. The van der Waals surface area contributed by atoms with Gasteiger partial charge in [0.25, 0.3) is 5.91 Å². The molecule has 0 spiro atoms. The molecule has 1 unspecified atom stereocenters. The molecule has 26 heavy (non-hydrogen) atoms. The van der Waals surface area contributed by atoms with E-state index in [1.165, 1.54) is 0 Å². The third-order valence-corrected chi connectivity index (χ3v) is 5.33. The second kappa shape index (κ2) is 9.19. The fraction of sp³-hybridized carbons (Fsp3) is 0.833. The Bertz CT molecular complexity index is 534. The number of morpholine rings is 1. The Morgan fingerprint density at radius 3 is 2.42 bits per heavy atom. The summed E-state index contributed by atoms with van der Waals surface area (Å²) in [6.07, 6.45) is 0.423. The third-order valence-electron chi connectivity index (χ3n) is 5.33. The van der Waals surface area contributed by atoms with Gasteiger partial charge in [0.1, 0.15) is 5.54 Å². The lowest BCUT2D eigenvalue weighted by Gasteiger charge is -2.37. The van der Waals surface area contributed by atoms with E-state index in [0.29, 0.717) is 45.6 Å². The highest BCUT2D eigenvalue weighted by Crippen LogP contribution is 2.23. The summed E-state index contributed by atoms with van der Waals surface area (Å²) in [5.41, 5.74) is -0.888. The Labute approximate surface area is 155 Å². The van der Waals surface area contributed by atoms with Crippen molar-refractivity contribution < 1.29 is 19.1 Å². The number of carbonyl (C=O) groups excluding carboxylic acids is 2. The van der Waals surface area contributed by atoms with Gasteiger partial charge in [-0.1, -0.05) is 13.8 Å². The molecule has 0 bridgehead atoms. The van der Waals surface area contributed by atoms with Crippen molar-refractivity contribution in [3.8, 4) is 6.07 Å². The minimum Gasteiger partial charge on any atom is -0.436 e. The zero-order chi connectivity index (χ0) is 19.2. The van der Waals surface area contributed by atoms with Crippen LogP contribution in [0.25, 0.3) is 0 Å². The molecular weight excluding hydrogens is 336 g/mol. The lowest BCUT2D eigenvalue weighted by Crippen LogP contribution is -2.57. The first-order valence-corrected chi connectivity index (χ1v) is 9.36. The molecule has 8 nitrogen and oxygen atoms in total. The number of hydrogen-bond donors (Lipinski definition) is 1. The van der Waals surface area contributed by atoms with Gasteiger partial charge in [-0.2, -0.15) is 5.26 Å². The molecule has 2 aliphatic rings. The summed E-state index contributed by atoms with van der Waals surface area (Å²) in [5.74, 6) is -0.519. The SMILES string of the molecule is CCC(C)[C@H](OC(=O)N1CCOCC1)C(=O)NC1(C#N)CCN(C)CC1. The van der Waals surface area contributed by atoms with Crippen LogP contribution in [0.4, 0.5) is 4.79 Å². The van der Waals surface area contributed by atoms with E-state index in [9.17, 15) is 14.9 Å². The average molecular weight is 366 g/mol. The van der Waals surface area contributed by atoms with Gasteiger partial charge < -0.3 is 24.6 Å². The van der Waals surface area contributed by atoms with E-state index in [4.69, 9.17) is 9.47 Å².